The first-order chi connectivity index (χ1) is 7.06. The minimum Gasteiger partial charge on any atom is -0.469 e. The molecule has 2 N–H and O–H groups in total. The lowest BCUT2D eigenvalue weighted by molar-refractivity contribution is -0.140. The van der Waals surface area contributed by atoms with Crippen molar-refractivity contribution < 1.29 is 9.53 Å². The lowest BCUT2D eigenvalue weighted by Crippen LogP contribution is -2.17. The van der Waals surface area contributed by atoms with Crippen molar-refractivity contribution >= 4 is 20.9 Å². The molecule has 2 unspecified atom stereocenters. The number of aromatic nitrogens is 2. The van der Waals surface area contributed by atoms with Gasteiger partial charge >= 0.3 is 5.97 Å². The SMILES string of the molecule is COC(=O)C(P)CCc1c(N)cnn1C. The van der Waals surface area contributed by atoms with E-state index in [2.05, 4.69) is 19.1 Å². The molecule has 1 heterocycles. The zero-order valence-electron chi connectivity index (χ0n) is 8.93. The molecule has 0 fully saturated rings. The Morgan fingerprint density at radius 3 is 2.93 bits per heavy atom. The summed E-state index contributed by atoms with van der Waals surface area (Å²) in [5.41, 5.74) is 7.16. The molecule has 0 radical (unpaired) electrons. The lowest BCUT2D eigenvalue weighted by atomic mass is 10.1. The van der Waals surface area contributed by atoms with Crippen LogP contribution in [0.4, 0.5) is 5.69 Å². The number of nitrogens with two attached hydrogens (primary N) is 1. The van der Waals surface area contributed by atoms with Gasteiger partial charge in [-0.05, 0) is 12.8 Å². The predicted molar refractivity (Wildman–Crippen MR) is 61.5 cm³/mol. The summed E-state index contributed by atoms with van der Waals surface area (Å²) in [4.78, 5) is 11.1. The Bertz CT molecular complexity index is 332. The number of aryl methyl sites for hydroxylation is 1. The van der Waals surface area contributed by atoms with Crippen molar-refractivity contribution in [1.29, 1.82) is 0 Å². The molecular formula is C9H16N3O2P. The summed E-state index contributed by atoms with van der Waals surface area (Å²) in [7, 11) is 5.69. The van der Waals surface area contributed by atoms with Gasteiger partial charge in [-0.1, -0.05) is 0 Å². The number of hydrogen-bond donors (Lipinski definition) is 1. The third-order valence-corrected chi connectivity index (χ3v) is 2.90. The van der Waals surface area contributed by atoms with Crippen LogP contribution in [0.25, 0.3) is 0 Å². The second-order valence-electron chi connectivity index (χ2n) is 3.34. The maximum absolute atomic E-state index is 11.1. The first-order valence-electron chi connectivity index (χ1n) is 4.66. The zero-order valence-corrected chi connectivity index (χ0v) is 10.1. The van der Waals surface area contributed by atoms with E-state index in [0.29, 0.717) is 18.5 Å². The van der Waals surface area contributed by atoms with Gasteiger partial charge in [0, 0.05) is 7.05 Å². The molecule has 1 rings (SSSR count). The van der Waals surface area contributed by atoms with Crippen LogP contribution in [-0.2, 0) is 23.0 Å². The maximum atomic E-state index is 11.1. The van der Waals surface area contributed by atoms with Crippen LogP contribution in [0.3, 0.4) is 0 Å². The molecule has 84 valence electrons. The molecule has 6 heteroatoms. The summed E-state index contributed by atoms with van der Waals surface area (Å²) in [6, 6.07) is 0. The van der Waals surface area contributed by atoms with Crippen LogP contribution in [0.5, 0.6) is 0 Å². The van der Waals surface area contributed by atoms with Crippen molar-refractivity contribution in [3.63, 3.8) is 0 Å². The minimum absolute atomic E-state index is 0.190. The lowest BCUT2D eigenvalue weighted by Gasteiger charge is -2.09. The fraction of sp³-hybridized carbons (Fsp3) is 0.556. The van der Waals surface area contributed by atoms with E-state index in [1.807, 2.05) is 7.05 Å². The maximum Gasteiger partial charge on any atom is 0.312 e. The predicted octanol–water partition coefficient (Wildman–Crippen LogP) is 0.352. The molecule has 0 amide bonds. The number of rotatable bonds is 4. The van der Waals surface area contributed by atoms with Crippen LogP contribution in [0, 0.1) is 0 Å². The molecule has 2 atom stereocenters. The fourth-order valence-electron chi connectivity index (χ4n) is 1.35. The van der Waals surface area contributed by atoms with Gasteiger partial charge in [0.2, 0.25) is 0 Å². The largest absolute Gasteiger partial charge is 0.469 e. The topological polar surface area (TPSA) is 70.1 Å². The summed E-state index contributed by atoms with van der Waals surface area (Å²) >= 11 is 0. The Kier molecular flexibility index (Phi) is 4.09. The van der Waals surface area contributed by atoms with E-state index >= 15 is 0 Å². The van der Waals surface area contributed by atoms with E-state index in [1.54, 1.807) is 10.9 Å². The monoisotopic (exact) mass is 229 g/mol. The van der Waals surface area contributed by atoms with Crippen molar-refractivity contribution in [3.05, 3.63) is 11.9 Å². The van der Waals surface area contributed by atoms with E-state index < -0.39 is 0 Å². The molecule has 0 aliphatic rings. The molecule has 0 spiro atoms. The first-order valence-corrected chi connectivity index (χ1v) is 5.32. The van der Waals surface area contributed by atoms with Crippen molar-refractivity contribution in [2.24, 2.45) is 7.05 Å². The van der Waals surface area contributed by atoms with Crippen LogP contribution < -0.4 is 5.73 Å². The number of carbonyl (C=O) groups excluding carboxylic acids is 1. The molecular weight excluding hydrogens is 213 g/mol. The molecule has 0 aliphatic carbocycles. The number of esters is 1. The first kappa shape index (κ1) is 12.0. The fourth-order valence-corrected chi connectivity index (χ4v) is 1.65. The van der Waals surface area contributed by atoms with Gasteiger partial charge < -0.3 is 10.5 Å². The van der Waals surface area contributed by atoms with Crippen molar-refractivity contribution in [1.82, 2.24) is 9.78 Å². The molecule has 0 aliphatic heterocycles. The van der Waals surface area contributed by atoms with E-state index in [4.69, 9.17) is 5.73 Å². The van der Waals surface area contributed by atoms with Crippen LogP contribution >= 0.6 is 9.24 Å². The summed E-state index contributed by atoms with van der Waals surface area (Å²) < 4.78 is 6.36. The van der Waals surface area contributed by atoms with Gasteiger partial charge in [0.05, 0.1) is 30.3 Å². The Hall–Kier alpha value is -1.09. The number of methoxy groups -OCH3 is 1. The molecule has 1 aromatic rings. The number of anilines is 1. The van der Waals surface area contributed by atoms with Gasteiger partial charge in [-0.25, -0.2) is 0 Å². The summed E-state index contributed by atoms with van der Waals surface area (Å²) in [5.74, 6) is -0.222. The summed E-state index contributed by atoms with van der Waals surface area (Å²) in [6.07, 6.45) is 3.01. The van der Waals surface area contributed by atoms with E-state index in [0.717, 1.165) is 5.69 Å². The third kappa shape index (κ3) is 2.93. The standard InChI is InChI=1S/C9H16N3O2P/c1-12-7(6(10)5-11-12)3-4-8(15)9(13)14-2/h5,8H,3-4,10,15H2,1-2H3. The van der Waals surface area contributed by atoms with Crippen LogP contribution in [0.2, 0.25) is 0 Å². The number of ether oxygens (including phenoxy) is 1. The molecule has 0 saturated carbocycles. The Morgan fingerprint density at radius 2 is 2.47 bits per heavy atom. The van der Waals surface area contributed by atoms with Gasteiger partial charge in [-0.2, -0.15) is 5.10 Å². The normalized spacial score (nSPS) is 12.5. The quantitative estimate of drug-likeness (QED) is 0.597. The van der Waals surface area contributed by atoms with Gasteiger partial charge in [0.15, 0.2) is 0 Å². The zero-order chi connectivity index (χ0) is 11.4. The van der Waals surface area contributed by atoms with Crippen LogP contribution in [0.15, 0.2) is 6.20 Å². The Morgan fingerprint density at radius 1 is 1.80 bits per heavy atom. The van der Waals surface area contributed by atoms with Crippen LogP contribution in [0.1, 0.15) is 12.1 Å². The van der Waals surface area contributed by atoms with Crippen molar-refractivity contribution in [2.45, 2.75) is 18.5 Å². The third-order valence-electron chi connectivity index (χ3n) is 2.29. The van der Waals surface area contributed by atoms with Crippen molar-refractivity contribution in [2.75, 3.05) is 12.8 Å². The smallest absolute Gasteiger partial charge is 0.312 e. The van der Waals surface area contributed by atoms with Gasteiger partial charge in [0.25, 0.3) is 0 Å². The van der Waals surface area contributed by atoms with Crippen LogP contribution in [-0.4, -0.2) is 28.5 Å². The van der Waals surface area contributed by atoms with Gasteiger partial charge in [0.1, 0.15) is 0 Å². The van der Waals surface area contributed by atoms with E-state index in [-0.39, 0.29) is 11.6 Å². The van der Waals surface area contributed by atoms with E-state index in [1.165, 1.54) is 7.11 Å². The van der Waals surface area contributed by atoms with Gasteiger partial charge in [-0.3, -0.25) is 9.48 Å². The minimum atomic E-state index is -0.222. The molecule has 0 aromatic carbocycles. The highest BCUT2D eigenvalue weighted by molar-refractivity contribution is 7.19. The second kappa shape index (κ2) is 5.12. The number of nitrogen functional groups attached to an aromatic ring is 1. The molecule has 15 heavy (non-hydrogen) atoms. The molecule has 0 bridgehead atoms. The molecule has 5 nitrogen and oxygen atoms in total. The van der Waals surface area contributed by atoms with Gasteiger partial charge in [-0.15, -0.1) is 9.24 Å². The summed E-state index contributed by atoms with van der Waals surface area (Å²) in [5, 5.41) is 4.03. The van der Waals surface area contributed by atoms with E-state index in [9.17, 15) is 4.79 Å². The number of hydrogen-bond acceptors (Lipinski definition) is 4. The Balaban J connectivity index is 2.54. The summed E-state index contributed by atoms with van der Waals surface area (Å²) in [6.45, 7) is 0. The van der Waals surface area contributed by atoms with Crippen molar-refractivity contribution in [3.8, 4) is 0 Å². The number of carbonyl (C=O) groups is 1. The highest BCUT2D eigenvalue weighted by Gasteiger charge is 2.15. The highest BCUT2D eigenvalue weighted by Crippen LogP contribution is 2.16. The molecule has 1 aromatic heterocycles. The molecule has 0 saturated heterocycles. The average molecular weight is 229 g/mol. The average Bonchev–Trinajstić information content (AvgIpc) is 2.54. The second-order valence-corrected chi connectivity index (χ2v) is 4.14. The number of nitrogens with zero attached hydrogens (tertiary/aromatic N) is 2. The highest BCUT2D eigenvalue weighted by atomic mass is 31.0. The Labute approximate surface area is 91.2 Å².